The van der Waals surface area contributed by atoms with E-state index in [1.54, 1.807) is 6.20 Å². The van der Waals surface area contributed by atoms with Gasteiger partial charge in [-0.1, -0.05) is 23.7 Å². The molecule has 0 radical (unpaired) electrons. The molecular formula is C27H31ClN8. The molecule has 0 amide bonds. The second-order valence-corrected chi connectivity index (χ2v) is 9.92. The van der Waals surface area contributed by atoms with Crippen molar-refractivity contribution in [2.75, 3.05) is 23.7 Å². The molecule has 36 heavy (non-hydrogen) atoms. The fraction of sp³-hybridized carbons (Fsp3) is 0.333. The number of benzene rings is 1. The van der Waals surface area contributed by atoms with Crippen molar-refractivity contribution in [2.45, 2.75) is 46.1 Å². The SMILES string of the molecule is Cc1cc(Nc2nc(Nc3cc(C)c(C4CCN(Cc5cccnc5)CC4)cc3C)ncc2Cl)n[nH]1. The van der Waals surface area contributed by atoms with E-state index in [1.807, 2.05) is 31.5 Å². The van der Waals surface area contributed by atoms with E-state index in [9.17, 15) is 0 Å². The Hall–Kier alpha value is -3.49. The molecule has 8 nitrogen and oxygen atoms in total. The number of likely N-dealkylation sites (tertiary alicyclic amines) is 1. The van der Waals surface area contributed by atoms with Gasteiger partial charge in [0.25, 0.3) is 0 Å². The van der Waals surface area contributed by atoms with Crippen LogP contribution in [0.4, 0.5) is 23.3 Å². The van der Waals surface area contributed by atoms with Gasteiger partial charge < -0.3 is 10.6 Å². The molecule has 1 aliphatic heterocycles. The Kier molecular flexibility index (Phi) is 7.16. The number of pyridine rings is 1. The molecule has 1 aliphatic rings. The summed E-state index contributed by atoms with van der Waals surface area (Å²) in [5.41, 5.74) is 7.12. The topological polar surface area (TPSA) is 94.7 Å². The maximum absolute atomic E-state index is 6.31. The Morgan fingerprint density at radius 1 is 1.06 bits per heavy atom. The monoisotopic (exact) mass is 502 g/mol. The molecule has 0 aliphatic carbocycles. The number of hydrogen-bond donors (Lipinski definition) is 3. The minimum Gasteiger partial charge on any atom is -0.324 e. The predicted molar refractivity (Wildman–Crippen MR) is 144 cm³/mol. The maximum Gasteiger partial charge on any atom is 0.229 e. The second kappa shape index (κ2) is 10.6. The zero-order valence-electron chi connectivity index (χ0n) is 20.8. The first kappa shape index (κ1) is 24.2. The van der Waals surface area contributed by atoms with Crippen LogP contribution in [-0.4, -0.2) is 43.1 Å². The minimum absolute atomic E-state index is 0.430. The highest BCUT2D eigenvalue weighted by Crippen LogP contribution is 2.34. The van der Waals surface area contributed by atoms with Gasteiger partial charge in [-0.05, 0) is 87.0 Å². The number of rotatable bonds is 7. The molecule has 1 fully saturated rings. The highest BCUT2D eigenvalue weighted by atomic mass is 35.5. The average Bonchev–Trinajstić information content (AvgIpc) is 3.29. The third kappa shape index (κ3) is 5.66. The number of aryl methyl sites for hydroxylation is 3. The Morgan fingerprint density at radius 3 is 2.61 bits per heavy atom. The fourth-order valence-electron chi connectivity index (χ4n) is 4.80. The number of halogens is 1. The molecule has 186 valence electrons. The molecule has 4 heterocycles. The van der Waals surface area contributed by atoms with E-state index in [0.29, 0.717) is 28.5 Å². The van der Waals surface area contributed by atoms with E-state index >= 15 is 0 Å². The highest BCUT2D eigenvalue weighted by molar-refractivity contribution is 6.32. The lowest BCUT2D eigenvalue weighted by atomic mass is 9.85. The number of piperidine rings is 1. The first-order valence-electron chi connectivity index (χ1n) is 12.3. The van der Waals surface area contributed by atoms with Gasteiger partial charge in [0.1, 0.15) is 5.02 Å². The van der Waals surface area contributed by atoms with Crippen LogP contribution in [0.2, 0.25) is 5.02 Å². The first-order chi connectivity index (χ1) is 17.4. The maximum atomic E-state index is 6.31. The summed E-state index contributed by atoms with van der Waals surface area (Å²) in [4.78, 5) is 15.7. The number of aromatic amines is 1. The van der Waals surface area contributed by atoms with Gasteiger partial charge in [0.2, 0.25) is 5.95 Å². The average molecular weight is 503 g/mol. The lowest BCUT2D eigenvalue weighted by molar-refractivity contribution is 0.204. The van der Waals surface area contributed by atoms with Crippen LogP contribution in [0.3, 0.4) is 0 Å². The molecule has 1 saturated heterocycles. The van der Waals surface area contributed by atoms with Gasteiger partial charge in [-0.25, -0.2) is 4.98 Å². The van der Waals surface area contributed by atoms with Gasteiger partial charge >= 0.3 is 0 Å². The largest absolute Gasteiger partial charge is 0.324 e. The van der Waals surface area contributed by atoms with Gasteiger partial charge in [0.05, 0.1) is 6.20 Å². The summed E-state index contributed by atoms with van der Waals surface area (Å²) >= 11 is 6.31. The molecule has 0 saturated carbocycles. The van der Waals surface area contributed by atoms with Crippen molar-refractivity contribution in [3.8, 4) is 0 Å². The summed E-state index contributed by atoms with van der Waals surface area (Å²) in [5.74, 6) is 2.21. The predicted octanol–water partition coefficient (Wildman–Crippen LogP) is 6.04. The third-order valence-electron chi connectivity index (χ3n) is 6.71. The Morgan fingerprint density at radius 2 is 1.89 bits per heavy atom. The van der Waals surface area contributed by atoms with E-state index in [2.05, 4.69) is 72.7 Å². The van der Waals surface area contributed by atoms with E-state index in [0.717, 1.165) is 43.9 Å². The Labute approximate surface area is 216 Å². The van der Waals surface area contributed by atoms with Crippen molar-refractivity contribution in [1.82, 2.24) is 30.0 Å². The Bertz CT molecular complexity index is 1330. The van der Waals surface area contributed by atoms with Crippen LogP contribution in [-0.2, 0) is 6.54 Å². The lowest BCUT2D eigenvalue weighted by Crippen LogP contribution is -2.32. The van der Waals surface area contributed by atoms with E-state index < -0.39 is 0 Å². The molecule has 3 aromatic heterocycles. The second-order valence-electron chi connectivity index (χ2n) is 9.51. The molecule has 9 heteroatoms. The molecule has 3 N–H and O–H groups in total. The Balaban J connectivity index is 1.25. The quantitative estimate of drug-likeness (QED) is 0.283. The van der Waals surface area contributed by atoms with Crippen molar-refractivity contribution in [2.24, 2.45) is 0 Å². The van der Waals surface area contributed by atoms with Crippen LogP contribution in [0.1, 0.15) is 46.7 Å². The number of nitrogens with zero attached hydrogens (tertiary/aromatic N) is 5. The summed E-state index contributed by atoms with van der Waals surface area (Å²) in [6.07, 6.45) is 7.71. The standard InChI is InChI=1S/C27H31ClN8/c1-17-12-24(31-27-30-15-23(28)26(33-27)32-25-13-19(3)34-35-25)18(2)11-22(17)21-6-9-36(10-7-21)16-20-5-4-8-29-14-20/h4-5,8,11-15,21H,6-7,9-10,16H2,1-3H3,(H3,30,31,32,33,34,35). The zero-order chi connectivity index (χ0) is 25.1. The first-order valence-corrected chi connectivity index (χ1v) is 12.6. The summed E-state index contributed by atoms with van der Waals surface area (Å²) in [7, 11) is 0. The van der Waals surface area contributed by atoms with Crippen molar-refractivity contribution < 1.29 is 0 Å². The number of nitrogens with one attached hydrogen (secondary N) is 3. The molecule has 0 atom stereocenters. The molecular weight excluding hydrogens is 472 g/mol. The number of aromatic nitrogens is 5. The molecule has 0 unspecified atom stereocenters. The van der Waals surface area contributed by atoms with E-state index in [4.69, 9.17) is 11.6 Å². The van der Waals surface area contributed by atoms with Crippen LogP contribution >= 0.6 is 11.6 Å². The molecule has 1 aromatic carbocycles. The van der Waals surface area contributed by atoms with Crippen molar-refractivity contribution in [3.63, 3.8) is 0 Å². The van der Waals surface area contributed by atoms with Crippen molar-refractivity contribution in [1.29, 1.82) is 0 Å². The summed E-state index contributed by atoms with van der Waals surface area (Å²) in [6.45, 7) is 9.43. The molecule has 5 rings (SSSR count). The van der Waals surface area contributed by atoms with Crippen LogP contribution in [0.5, 0.6) is 0 Å². The molecule has 4 aromatic rings. The summed E-state index contributed by atoms with van der Waals surface area (Å²) in [5, 5.41) is 14.0. The van der Waals surface area contributed by atoms with Gasteiger partial charge in [-0.3, -0.25) is 15.0 Å². The third-order valence-corrected chi connectivity index (χ3v) is 6.99. The van der Waals surface area contributed by atoms with Gasteiger partial charge in [-0.15, -0.1) is 0 Å². The normalized spacial score (nSPS) is 14.7. The van der Waals surface area contributed by atoms with Crippen molar-refractivity contribution in [3.05, 3.63) is 81.9 Å². The van der Waals surface area contributed by atoms with Gasteiger partial charge in [0.15, 0.2) is 11.6 Å². The van der Waals surface area contributed by atoms with Crippen molar-refractivity contribution >= 4 is 34.9 Å². The smallest absolute Gasteiger partial charge is 0.229 e. The fourth-order valence-corrected chi connectivity index (χ4v) is 4.94. The zero-order valence-corrected chi connectivity index (χ0v) is 21.6. The van der Waals surface area contributed by atoms with E-state index in [-0.39, 0.29) is 0 Å². The van der Waals surface area contributed by atoms with Crippen LogP contribution in [0.25, 0.3) is 0 Å². The molecule has 0 bridgehead atoms. The van der Waals surface area contributed by atoms with Crippen LogP contribution in [0.15, 0.2) is 48.9 Å². The number of H-pyrrole nitrogens is 1. The van der Waals surface area contributed by atoms with Gasteiger partial charge in [0, 0.05) is 36.4 Å². The minimum atomic E-state index is 0.430. The summed E-state index contributed by atoms with van der Waals surface area (Å²) in [6, 6.07) is 10.6. The van der Waals surface area contributed by atoms with Gasteiger partial charge in [-0.2, -0.15) is 10.1 Å². The summed E-state index contributed by atoms with van der Waals surface area (Å²) < 4.78 is 0. The highest BCUT2D eigenvalue weighted by Gasteiger charge is 2.23. The van der Waals surface area contributed by atoms with E-state index in [1.165, 1.54) is 22.3 Å². The lowest BCUT2D eigenvalue weighted by Gasteiger charge is -2.33. The molecule has 0 spiro atoms. The van der Waals surface area contributed by atoms with Crippen LogP contribution < -0.4 is 10.6 Å². The number of hydrogen-bond acceptors (Lipinski definition) is 7. The van der Waals surface area contributed by atoms with Crippen LogP contribution in [0, 0.1) is 20.8 Å². The number of anilines is 4.